The van der Waals surface area contributed by atoms with E-state index >= 15 is 0 Å². The zero-order valence-electron chi connectivity index (χ0n) is 14.6. The van der Waals surface area contributed by atoms with Crippen molar-refractivity contribution in [2.75, 3.05) is 5.32 Å². The lowest BCUT2D eigenvalue weighted by atomic mass is 10.1. The summed E-state index contributed by atoms with van der Waals surface area (Å²) < 4.78 is 0. The number of imide groups is 1. The second-order valence-electron chi connectivity index (χ2n) is 6.06. The summed E-state index contributed by atoms with van der Waals surface area (Å²) in [4.78, 5) is 48.3. The number of nitro groups is 1. The third kappa shape index (κ3) is 3.34. The van der Waals surface area contributed by atoms with E-state index in [9.17, 15) is 24.5 Å². The van der Waals surface area contributed by atoms with Crippen molar-refractivity contribution >= 4 is 29.2 Å². The van der Waals surface area contributed by atoms with E-state index in [-0.39, 0.29) is 5.69 Å². The number of nitrogens with zero attached hydrogens (tertiary/aromatic N) is 2. The van der Waals surface area contributed by atoms with Crippen LogP contribution in [0.4, 0.5) is 16.2 Å². The Hall–Kier alpha value is -3.75. The van der Waals surface area contributed by atoms with E-state index in [2.05, 4.69) is 10.6 Å². The van der Waals surface area contributed by atoms with Crippen molar-refractivity contribution < 1.29 is 19.3 Å². The molecule has 1 aliphatic heterocycles. The number of hydrogen-bond acceptors (Lipinski definition) is 5. The van der Waals surface area contributed by atoms with E-state index in [1.165, 1.54) is 25.1 Å². The molecule has 0 saturated carbocycles. The normalized spacial score (nSPS) is 13.9. The molecule has 1 heterocycles. The Kier molecular flexibility index (Phi) is 4.59. The van der Waals surface area contributed by atoms with Crippen LogP contribution in [0, 0.1) is 17.0 Å². The summed E-state index contributed by atoms with van der Waals surface area (Å²) in [5.74, 6) is -0.954. The first-order valence-electron chi connectivity index (χ1n) is 8.09. The van der Waals surface area contributed by atoms with E-state index in [1.54, 1.807) is 31.2 Å². The molecule has 2 N–H and O–H groups in total. The molecule has 4 amide bonds. The number of hydrogen-bond donors (Lipinski definition) is 2. The lowest BCUT2D eigenvalue weighted by Crippen LogP contribution is -2.50. The van der Waals surface area contributed by atoms with Crippen molar-refractivity contribution in [2.24, 2.45) is 0 Å². The van der Waals surface area contributed by atoms with Crippen LogP contribution in [0.2, 0.25) is 0 Å². The molecule has 3 rings (SSSR count). The minimum Gasteiger partial charge on any atom is -0.317 e. The van der Waals surface area contributed by atoms with Crippen LogP contribution in [-0.2, 0) is 0 Å². The average molecular weight is 368 g/mol. The number of carbonyl (C=O) groups excluding carboxylic acids is 3. The van der Waals surface area contributed by atoms with Gasteiger partial charge in [0.1, 0.15) is 6.17 Å². The zero-order valence-corrected chi connectivity index (χ0v) is 14.6. The van der Waals surface area contributed by atoms with Gasteiger partial charge >= 0.3 is 6.03 Å². The molecule has 9 nitrogen and oxygen atoms in total. The van der Waals surface area contributed by atoms with E-state index in [1.807, 2.05) is 0 Å². The Morgan fingerprint density at radius 1 is 1.11 bits per heavy atom. The molecule has 138 valence electrons. The molecule has 2 aromatic rings. The molecular weight excluding hydrogens is 352 g/mol. The van der Waals surface area contributed by atoms with Crippen molar-refractivity contribution in [1.29, 1.82) is 0 Å². The molecule has 0 spiro atoms. The first-order chi connectivity index (χ1) is 12.8. The molecule has 1 aliphatic rings. The molecule has 9 heteroatoms. The summed E-state index contributed by atoms with van der Waals surface area (Å²) >= 11 is 0. The molecule has 0 aliphatic carbocycles. The van der Waals surface area contributed by atoms with Gasteiger partial charge in [0.05, 0.1) is 16.1 Å². The van der Waals surface area contributed by atoms with Crippen LogP contribution < -0.4 is 10.6 Å². The van der Waals surface area contributed by atoms with Crippen molar-refractivity contribution in [3.05, 3.63) is 69.3 Å². The number of carbonyl (C=O) groups is 3. The number of rotatable bonds is 4. The fourth-order valence-corrected chi connectivity index (χ4v) is 2.87. The van der Waals surface area contributed by atoms with Crippen molar-refractivity contribution in [3.8, 4) is 0 Å². The lowest BCUT2D eigenvalue weighted by Gasteiger charge is -2.23. The second-order valence-corrected chi connectivity index (χ2v) is 6.06. The number of fused-ring (bicyclic) bond motifs is 1. The van der Waals surface area contributed by atoms with Crippen LogP contribution >= 0.6 is 0 Å². The van der Waals surface area contributed by atoms with Gasteiger partial charge in [-0.25, -0.2) is 4.79 Å². The van der Waals surface area contributed by atoms with E-state index < -0.39 is 28.9 Å². The largest absolute Gasteiger partial charge is 0.320 e. The Balaban J connectivity index is 1.69. The Morgan fingerprint density at radius 3 is 2.22 bits per heavy atom. The highest BCUT2D eigenvalue weighted by molar-refractivity contribution is 6.21. The fourth-order valence-electron chi connectivity index (χ4n) is 2.87. The molecule has 1 atom stereocenters. The van der Waals surface area contributed by atoms with Crippen LogP contribution in [0.3, 0.4) is 0 Å². The van der Waals surface area contributed by atoms with E-state index in [0.29, 0.717) is 22.4 Å². The van der Waals surface area contributed by atoms with Gasteiger partial charge in [0.2, 0.25) is 0 Å². The highest BCUT2D eigenvalue weighted by atomic mass is 16.6. The van der Waals surface area contributed by atoms with Gasteiger partial charge in [-0.3, -0.25) is 24.6 Å². The van der Waals surface area contributed by atoms with Gasteiger partial charge in [-0.05, 0) is 37.6 Å². The minimum atomic E-state index is -0.879. The van der Waals surface area contributed by atoms with Crippen LogP contribution in [0.15, 0.2) is 42.5 Å². The molecule has 0 aromatic heterocycles. The number of amides is 4. The third-order valence-corrected chi connectivity index (χ3v) is 4.22. The lowest BCUT2D eigenvalue weighted by molar-refractivity contribution is -0.384. The van der Waals surface area contributed by atoms with Crippen molar-refractivity contribution in [1.82, 2.24) is 10.2 Å². The number of urea groups is 1. The predicted octanol–water partition coefficient (Wildman–Crippen LogP) is 2.67. The first kappa shape index (κ1) is 18.1. The van der Waals surface area contributed by atoms with E-state index in [0.717, 1.165) is 4.90 Å². The Labute approximate surface area is 154 Å². The number of anilines is 1. The number of benzene rings is 2. The zero-order chi connectivity index (χ0) is 19.7. The summed E-state index contributed by atoms with van der Waals surface area (Å²) in [6, 6.07) is 9.83. The number of nitrogens with one attached hydrogen (secondary N) is 2. The average Bonchev–Trinajstić information content (AvgIpc) is 2.88. The molecule has 0 radical (unpaired) electrons. The van der Waals surface area contributed by atoms with Crippen LogP contribution in [0.25, 0.3) is 0 Å². The van der Waals surface area contributed by atoms with Gasteiger partial charge in [-0.1, -0.05) is 12.1 Å². The first-order valence-corrected chi connectivity index (χ1v) is 8.09. The molecule has 0 saturated heterocycles. The summed E-state index contributed by atoms with van der Waals surface area (Å²) in [6.45, 7) is 3.14. The van der Waals surface area contributed by atoms with Gasteiger partial charge in [0.25, 0.3) is 17.5 Å². The predicted molar refractivity (Wildman–Crippen MR) is 96.4 cm³/mol. The van der Waals surface area contributed by atoms with Gasteiger partial charge in [0.15, 0.2) is 0 Å². The molecular formula is C18H16N4O5. The van der Waals surface area contributed by atoms with Gasteiger partial charge in [0, 0.05) is 17.8 Å². The molecule has 0 fully saturated rings. The maximum Gasteiger partial charge on any atom is 0.320 e. The summed E-state index contributed by atoms with van der Waals surface area (Å²) in [5.41, 5.74) is 1.39. The van der Waals surface area contributed by atoms with Gasteiger partial charge in [-0.2, -0.15) is 0 Å². The maximum absolute atomic E-state index is 12.4. The highest BCUT2D eigenvalue weighted by Gasteiger charge is 2.38. The SMILES string of the molecule is Cc1cc([N+](=O)[O-])ccc1NC(=O)NC(C)N1C(=O)c2ccccc2C1=O. The third-order valence-electron chi connectivity index (χ3n) is 4.22. The van der Waals surface area contributed by atoms with Crippen molar-refractivity contribution in [2.45, 2.75) is 20.0 Å². The summed E-state index contributed by atoms with van der Waals surface area (Å²) in [5, 5.41) is 15.9. The Morgan fingerprint density at radius 2 is 1.70 bits per heavy atom. The molecule has 27 heavy (non-hydrogen) atoms. The van der Waals surface area contributed by atoms with E-state index in [4.69, 9.17) is 0 Å². The minimum absolute atomic E-state index is 0.0853. The summed E-state index contributed by atoms with van der Waals surface area (Å²) in [7, 11) is 0. The van der Waals surface area contributed by atoms with Gasteiger partial charge < -0.3 is 10.6 Å². The monoisotopic (exact) mass is 368 g/mol. The number of aryl methyl sites for hydroxylation is 1. The maximum atomic E-state index is 12.4. The Bertz CT molecular complexity index is 937. The summed E-state index contributed by atoms with van der Waals surface area (Å²) in [6.07, 6.45) is -0.879. The second kappa shape index (κ2) is 6.87. The van der Waals surface area contributed by atoms with Gasteiger partial charge in [-0.15, -0.1) is 0 Å². The number of nitro benzene ring substituents is 1. The smallest absolute Gasteiger partial charge is 0.317 e. The van der Waals surface area contributed by atoms with Crippen LogP contribution in [0.5, 0.6) is 0 Å². The molecule has 2 aromatic carbocycles. The number of non-ortho nitro benzene ring substituents is 1. The molecule has 1 unspecified atom stereocenters. The van der Waals surface area contributed by atoms with Crippen LogP contribution in [0.1, 0.15) is 33.2 Å². The molecule has 0 bridgehead atoms. The topological polar surface area (TPSA) is 122 Å². The van der Waals surface area contributed by atoms with Crippen LogP contribution in [-0.4, -0.2) is 33.8 Å². The standard InChI is InChI=1S/C18H16N4O5/c1-10-9-12(22(26)27)7-8-15(10)20-18(25)19-11(2)21-16(23)13-5-3-4-6-14(13)17(21)24/h3-9,11H,1-2H3,(H2,19,20,25). The fraction of sp³-hybridized carbons (Fsp3) is 0.167. The quantitative estimate of drug-likeness (QED) is 0.488. The van der Waals surface area contributed by atoms with Crippen molar-refractivity contribution in [3.63, 3.8) is 0 Å². The highest BCUT2D eigenvalue weighted by Crippen LogP contribution is 2.24.